The number of ether oxygens (including phenoxy) is 1. The normalized spacial score (nSPS) is 8.00. The lowest BCUT2D eigenvalue weighted by Gasteiger charge is -1.91. The number of carbonyl (C=O) groups is 1. The van der Waals surface area contributed by atoms with Crippen LogP contribution in [0.3, 0.4) is 0 Å². The third-order valence-electron chi connectivity index (χ3n) is 0.479. The summed E-state index contributed by atoms with van der Waals surface area (Å²) < 4.78 is 4.00. The minimum Gasteiger partial charge on any atom is -0.397 e. The smallest absolute Gasteiger partial charge is 0.346 e. The Bertz CT molecular complexity index is 142. The maximum Gasteiger partial charge on any atom is 0.346 e. The van der Waals surface area contributed by atoms with Gasteiger partial charge in [0.05, 0.1) is 4.92 Å². The van der Waals surface area contributed by atoms with E-state index in [0.29, 0.717) is 0 Å². The molecule has 0 atom stereocenters. The van der Waals surface area contributed by atoms with E-state index in [4.69, 9.17) is 0 Å². The van der Waals surface area contributed by atoms with Crippen molar-refractivity contribution in [1.29, 1.82) is 0 Å². The summed E-state index contributed by atoms with van der Waals surface area (Å²) in [5.41, 5.74) is 0. The third kappa shape index (κ3) is 4.46. The van der Waals surface area contributed by atoms with Gasteiger partial charge in [0.25, 0.3) is 0 Å². The second kappa shape index (κ2) is 3.59. The molecule has 0 aliphatic carbocycles. The molecule has 0 heterocycles. The van der Waals surface area contributed by atoms with Gasteiger partial charge in [0.15, 0.2) is 0 Å². The Labute approximate surface area is 51.1 Å². The zero-order chi connectivity index (χ0) is 7.28. The molecule has 0 radical (unpaired) electrons. The first kappa shape index (κ1) is 7.61. The highest BCUT2D eigenvalue weighted by Gasteiger charge is 1.99. The molecule has 0 aromatic rings. The lowest BCUT2D eigenvalue weighted by Crippen LogP contribution is -2.09. The topological polar surface area (TPSA) is 69.4 Å². The van der Waals surface area contributed by atoms with Gasteiger partial charge in [0.1, 0.15) is 0 Å². The summed E-state index contributed by atoms with van der Waals surface area (Å²) >= 11 is 0. The molecule has 0 spiro atoms. The highest BCUT2D eigenvalue weighted by Crippen LogP contribution is 1.77. The first-order valence-corrected chi connectivity index (χ1v) is 2.08. The summed E-state index contributed by atoms with van der Waals surface area (Å²) in [7, 11) is 0. The Morgan fingerprint density at radius 2 is 2.44 bits per heavy atom. The zero-order valence-corrected chi connectivity index (χ0v) is 4.57. The van der Waals surface area contributed by atoms with Crippen molar-refractivity contribution in [3.63, 3.8) is 0 Å². The standard InChI is InChI=1S/C4H5NO4/c1-2-4(6)9-3-5(7)8/h2H,1,3H2. The molecule has 0 aromatic heterocycles. The van der Waals surface area contributed by atoms with Crippen LogP contribution in [0.1, 0.15) is 0 Å². The second-order valence-electron chi connectivity index (χ2n) is 1.13. The molecule has 5 heteroatoms. The molecule has 0 bridgehead atoms. The number of hydrogen-bond donors (Lipinski definition) is 0. The first-order chi connectivity index (χ1) is 4.16. The first-order valence-electron chi connectivity index (χ1n) is 2.08. The molecule has 0 fully saturated rings. The number of rotatable bonds is 3. The number of hydrogen-bond acceptors (Lipinski definition) is 4. The number of nitro groups is 1. The van der Waals surface area contributed by atoms with Crippen LogP contribution in [0.5, 0.6) is 0 Å². The van der Waals surface area contributed by atoms with Crippen molar-refractivity contribution in [3.05, 3.63) is 22.8 Å². The molecule has 0 aliphatic rings. The quantitative estimate of drug-likeness (QED) is 0.177. The molecule has 0 unspecified atom stereocenters. The summed E-state index contributed by atoms with van der Waals surface area (Å²) in [4.78, 5) is 18.8. The van der Waals surface area contributed by atoms with E-state index in [2.05, 4.69) is 11.3 Å². The van der Waals surface area contributed by atoms with E-state index in [9.17, 15) is 14.9 Å². The number of esters is 1. The van der Waals surface area contributed by atoms with Crippen LogP contribution in [0.4, 0.5) is 0 Å². The maximum atomic E-state index is 10.1. The third-order valence-corrected chi connectivity index (χ3v) is 0.479. The van der Waals surface area contributed by atoms with Crippen molar-refractivity contribution in [3.8, 4) is 0 Å². The summed E-state index contributed by atoms with van der Waals surface area (Å²) in [6, 6.07) is 0. The van der Waals surface area contributed by atoms with Crippen LogP contribution in [0.2, 0.25) is 0 Å². The minimum absolute atomic E-state index is 0.749. The molecule has 0 saturated carbocycles. The van der Waals surface area contributed by atoms with Crippen molar-refractivity contribution in [2.75, 3.05) is 6.73 Å². The maximum absolute atomic E-state index is 10.1. The van der Waals surface area contributed by atoms with Crippen molar-refractivity contribution < 1.29 is 14.5 Å². The fraction of sp³-hybridized carbons (Fsp3) is 0.250. The molecule has 0 saturated heterocycles. The van der Waals surface area contributed by atoms with Gasteiger partial charge in [-0.25, -0.2) is 4.79 Å². The fourth-order valence-corrected chi connectivity index (χ4v) is 0.175. The van der Waals surface area contributed by atoms with Gasteiger partial charge in [-0.05, 0) is 0 Å². The predicted octanol–water partition coefficient (Wildman–Crippen LogP) is -0.0502. The van der Waals surface area contributed by atoms with Crippen LogP contribution in [0.15, 0.2) is 12.7 Å². The molecule has 0 rings (SSSR count). The molecule has 0 amide bonds. The predicted molar refractivity (Wildman–Crippen MR) is 28.2 cm³/mol. The molecule has 5 nitrogen and oxygen atoms in total. The number of nitrogens with zero attached hydrogens (tertiary/aromatic N) is 1. The van der Waals surface area contributed by atoms with Crippen molar-refractivity contribution >= 4 is 5.97 Å². The van der Waals surface area contributed by atoms with Crippen LogP contribution < -0.4 is 0 Å². The average molecular weight is 131 g/mol. The van der Waals surface area contributed by atoms with Crippen LogP contribution in [0.25, 0.3) is 0 Å². The summed E-state index contributed by atoms with van der Waals surface area (Å²) in [6.45, 7) is 2.24. The zero-order valence-electron chi connectivity index (χ0n) is 4.57. The Kier molecular flexibility index (Phi) is 3.04. The Morgan fingerprint density at radius 3 is 2.78 bits per heavy atom. The van der Waals surface area contributed by atoms with Crippen molar-refractivity contribution in [2.45, 2.75) is 0 Å². The van der Waals surface area contributed by atoms with Gasteiger partial charge >= 0.3 is 12.7 Å². The average Bonchev–Trinajstić information content (AvgIpc) is 1.83. The van der Waals surface area contributed by atoms with Crippen LogP contribution in [0, 0.1) is 10.1 Å². The Hall–Kier alpha value is -1.39. The molecule has 0 aromatic carbocycles. The highest BCUT2D eigenvalue weighted by molar-refractivity contribution is 5.81. The Balaban J connectivity index is 3.39. The van der Waals surface area contributed by atoms with E-state index in [0.717, 1.165) is 6.08 Å². The molecule has 50 valence electrons. The number of carbonyl (C=O) groups excluding carboxylic acids is 1. The van der Waals surface area contributed by atoms with Gasteiger partial charge < -0.3 is 4.74 Å². The lowest BCUT2D eigenvalue weighted by atomic mass is 10.7. The summed E-state index contributed by atoms with van der Waals surface area (Å²) in [5, 5.41) is 9.51. The van der Waals surface area contributed by atoms with Gasteiger partial charge in [-0.15, -0.1) is 0 Å². The summed E-state index contributed by atoms with van der Waals surface area (Å²) in [5.74, 6) is -0.785. The SMILES string of the molecule is C=CC(=O)OC[N+](=O)[O-]. The fourth-order valence-electron chi connectivity index (χ4n) is 0.175. The van der Waals surface area contributed by atoms with Crippen molar-refractivity contribution in [2.24, 2.45) is 0 Å². The van der Waals surface area contributed by atoms with Crippen molar-refractivity contribution in [1.82, 2.24) is 0 Å². The van der Waals surface area contributed by atoms with E-state index in [1.54, 1.807) is 0 Å². The Morgan fingerprint density at radius 1 is 1.89 bits per heavy atom. The minimum atomic E-state index is -0.801. The van der Waals surface area contributed by atoms with E-state index >= 15 is 0 Å². The van der Waals surface area contributed by atoms with E-state index in [1.807, 2.05) is 0 Å². The van der Waals surface area contributed by atoms with Gasteiger partial charge in [-0.2, -0.15) is 0 Å². The molecule has 0 N–H and O–H groups in total. The molecular formula is C4H5NO4. The van der Waals surface area contributed by atoms with Crippen LogP contribution in [-0.2, 0) is 9.53 Å². The van der Waals surface area contributed by atoms with Gasteiger partial charge in [-0.1, -0.05) is 6.58 Å². The molecular weight excluding hydrogens is 126 g/mol. The van der Waals surface area contributed by atoms with Gasteiger partial charge in [-0.3, -0.25) is 10.1 Å². The van der Waals surface area contributed by atoms with E-state index in [-0.39, 0.29) is 0 Å². The van der Waals surface area contributed by atoms with E-state index < -0.39 is 17.6 Å². The highest BCUT2D eigenvalue weighted by atomic mass is 16.7. The van der Waals surface area contributed by atoms with Gasteiger partial charge in [0.2, 0.25) is 0 Å². The van der Waals surface area contributed by atoms with E-state index in [1.165, 1.54) is 0 Å². The molecule has 0 aliphatic heterocycles. The largest absolute Gasteiger partial charge is 0.397 e. The monoisotopic (exact) mass is 131 g/mol. The second-order valence-corrected chi connectivity index (χ2v) is 1.13. The van der Waals surface area contributed by atoms with Gasteiger partial charge in [0, 0.05) is 6.08 Å². The molecule has 9 heavy (non-hydrogen) atoms. The summed E-state index contributed by atoms with van der Waals surface area (Å²) in [6.07, 6.45) is 0.865. The lowest BCUT2D eigenvalue weighted by molar-refractivity contribution is -0.518. The van der Waals surface area contributed by atoms with Crippen LogP contribution >= 0.6 is 0 Å². The van der Waals surface area contributed by atoms with Crippen LogP contribution in [-0.4, -0.2) is 17.6 Å².